The van der Waals surface area contributed by atoms with Gasteiger partial charge in [-0.2, -0.15) is 0 Å². The molecular weight excluding hydrogens is 292 g/mol. The maximum atomic E-state index is 11.4. The van der Waals surface area contributed by atoms with Gasteiger partial charge in [-0.25, -0.2) is 0 Å². The van der Waals surface area contributed by atoms with Crippen LogP contribution in [0.15, 0.2) is 0 Å². The number of hydrogen-bond donors (Lipinski definition) is 1. The summed E-state index contributed by atoms with van der Waals surface area (Å²) in [6.45, 7) is 14.5. The summed E-state index contributed by atoms with van der Waals surface area (Å²) in [5, 5.41) is 9.68. The Morgan fingerprint density at radius 1 is 1.27 bits per heavy atom. The standard InChI is InChI=1S/C18H34O3Si/c1-7-18-11-10-13(8-9-14(18)15(18)16(19)20)12-21-22(5,6)17(2,3)4/h13-15H,7-12H2,1-6H3,(H,19,20)/t13?,14-,15?,18+/m1/s1. The quantitative estimate of drug-likeness (QED) is 0.729. The molecule has 0 aromatic heterocycles. The Bertz CT molecular complexity index is 427. The van der Waals surface area contributed by atoms with Crippen LogP contribution in [0.1, 0.15) is 59.8 Å². The molecular formula is C18H34O3Si. The van der Waals surface area contributed by atoms with Crippen LogP contribution in [0.4, 0.5) is 0 Å². The summed E-state index contributed by atoms with van der Waals surface area (Å²) in [4.78, 5) is 11.4. The van der Waals surface area contributed by atoms with Gasteiger partial charge in [0, 0.05) is 6.61 Å². The van der Waals surface area contributed by atoms with Gasteiger partial charge in [0.25, 0.3) is 0 Å². The van der Waals surface area contributed by atoms with Gasteiger partial charge in [0.15, 0.2) is 8.32 Å². The largest absolute Gasteiger partial charge is 0.481 e. The summed E-state index contributed by atoms with van der Waals surface area (Å²) in [6.07, 6.45) is 5.46. The number of fused-ring (bicyclic) bond motifs is 1. The van der Waals surface area contributed by atoms with Crippen LogP contribution < -0.4 is 0 Å². The van der Waals surface area contributed by atoms with Crippen molar-refractivity contribution in [2.75, 3.05) is 6.61 Å². The van der Waals surface area contributed by atoms with Crippen molar-refractivity contribution in [3.8, 4) is 0 Å². The Hall–Kier alpha value is -0.353. The van der Waals surface area contributed by atoms with Crippen LogP contribution in [-0.4, -0.2) is 26.0 Å². The Morgan fingerprint density at radius 3 is 2.41 bits per heavy atom. The predicted octanol–water partition coefficient (Wildman–Crippen LogP) is 4.93. The van der Waals surface area contributed by atoms with Crippen molar-refractivity contribution in [2.45, 2.75) is 77.9 Å². The van der Waals surface area contributed by atoms with E-state index in [1.807, 2.05) is 0 Å². The van der Waals surface area contributed by atoms with Gasteiger partial charge < -0.3 is 9.53 Å². The van der Waals surface area contributed by atoms with Crippen LogP contribution in [0.2, 0.25) is 18.1 Å². The fraction of sp³-hybridized carbons (Fsp3) is 0.944. The average Bonchev–Trinajstić information content (AvgIpc) is 3.06. The first-order valence-electron chi connectivity index (χ1n) is 8.92. The lowest BCUT2D eigenvalue weighted by molar-refractivity contribution is -0.139. The molecule has 0 bridgehead atoms. The van der Waals surface area contributed by atoms with Gasteiger partial charge in [0.05, 0.1) is 5.92 Å². The molecule has 0 radical (unpaired) electrons. The van der Waals surface area contributed by atoms with E-state index >= 15 is 0 Å². The van der Waals surface area contributed by atoms with E-state index in [-0.39, 0.29) is 16.4 Å². The van der Waals surface area contributed by atoms with Crippen molar-refractivity contribution >= 4 is 14.3 Å². The van der Waals surface area contributed by atoms with E-state index in [0.717, 1.165) is 38.7 Å². The first-order chi connectivity index (χ1) is 10.0. The fourth-order valence-corrected chi connectivity index (χ4v) is 5.28. The molecule has 2 fully saturated rings. The molecule has 2 saturated carbocycles. The maximum Gasteiger partial charge on any atom is 0.307 e. The minimum Gasteiger partial charge on any atom is -0.481 e. The van der Waals surface area contributed by atoms with Crippen LogP contribution in [-0.2, 0) is 9.22 Å². The number of hydrogen-bond acceptors (Lipinski definition) is 2. The van der Waals surface area contributed by atoms with Gasteiger partial charge in [-0.15, -0.1) is 0 Å². The molecule has 1 N–H and O–H groups in total. The molecule has 2 unspecified atom stereocenters. The molecule has 0 saturated heterocycles. The second-order valence-corrected chi connectivity index (χ2v) is 13.9. The van der Waals surface area contributed by atoms with Crippen molar-refractivity contribution in [1.29, 1.82) is 0 Å². The summed E-state index contributed by atoms with van der Waals surface area (Å²) in [6, 6.07) is 0. The van der Waals surface area contributed by atoms with Crippen molar-refractivity contribution < 1.29 is 14.3 Å². The highest BCUT2D eigenvalue weighted by Crippen LogP contribution is 2.67. The summed E-state index contributed by atoms with van der Waals surface area (Å²) in [7, 11) is -1.66. The van der Waals surface area contributed by atoms with E-state index in [2.05, 4.69) is 40.8 Å². The number of rotatable bonds is 5. The highest BCUT2D eigenvalue weighted by Gasteiger charge is 2.66. The lowest BCUT2D eigenvalue weighted by Crippen LogP contribution is -2.42. The molecule has 2 rings (SSSR count). The van der Waals surface area contributed by atoms with E-state index < -0.39 is 14.3 Å². The second-order valence-electron chi connectivity index (χ2n) is 9.06. The lowest BCUT2D eigenvalue weighted by Gasteiger charge is -2.37. The molecule has 2 aliphatic carbocycles. The Balaban J connectivity index is 1.90. The van der Waals surface area contributed by atoms with E-state index in [1.165, 1.54) is 0 Å². The number of carboxylic acid groups (broad SMARTS) is 1. The summed E-state index contributed by atoms with van der Waals surface area (Å²) in [5.74, 6) is 0.412. The number of aliphatic carboxylic acids is 1. The zero-order valence-corrected chi connectivity index (χ0v) is 16.2. The molecule has 2 aliphatic rings. The zero-order valence-electron chi connectivity index (χ0n) is 15.2. The van der Waals surface area contributed by atoms with Crippen LogP contribution in [0.5, 0.6) is 0 Å². The highest BCUT2D eigenvalue weighted by molar-refractivity contribution is 6.74. The van der Waals surface area contributed by atoms with E-state index in [4.69, 9.17) is 4.43 Å². The molecule has 4 atom stereocenters. The average molecular weight is 327 g/mol. The topological polar surface area (TPSA) is 46.5 Å². The SMILES string of the molecule is CC[C@]12CCC(CO[Si](C)(C)C(C)(C)C)CC[C@@H]1C2C(=O)O. The Kier molecular flexibility index (Phi) is 4.85. The molecule has 0 amide bonds. The third-order valence-corrected chi connectivity index (χ3v) is 11.5. The molecule has 22 heavy (non-hydrogen) atoms. The Labute approximate surface area is 137 Å². The van der Waals surface area contributed by atoms with Crippen molar-refractivity contribution in [3.05, 3.63) is 0 Å². The van der Waals surface area contributed by atoms with Crippen molar-refractivity contribution in [1.82, 2.24) is 0 Å². The van der Waals surface area contributed by atoms with E-state index in [9.17, 15) is 9.90 Å². The number of carbonyl (C=O) groups is 1. The molecule has 0 aliphatic heterocycles. The third kappa shape index (κ3) is 3.14. The first kappa shape index (κ1) is 18.0. The van der Waals surface area contributed by atoms with Crippen molar-refractivity contribution in [3.63, 3.8) is 0 Å². The smallest absolute Gasteiger partial charge is 0.307 e. The summed E-state index contributed by atoms with van der Waals surface area (Å²) < 4.78 is 6.40. The fourth-order valence-electron chi connectivity index (χ4n) is 4.19. The third-order valence-electron chi connectivity index (χ3n) is 6.97. The molecule has 4 heteroatoms. The molecule has 3 nitrogen and oxygen atoms in total. The van der Waals surface area contributed by atoms with Crippen molar-refractivity contribution in [2.24, 2.45) is 23.2 Å². The van der Waals surface area contributed by atoms with Crippen LogP contribution in [0.25, 0.3) is 0 Å². The van der Waals surface area contributed by atoms with Gasteiger partial charge >= 0.3 is 5.97 Å². The second kappa shape index (κ2) is 5.93. The monoisotopic (exact) mass is 326 g/mol. The van der Waals surface area contributed by atoms with Crippen LogP contribution >= 0.6 is 0 Å². The van der Waals surface area contributed by atoms with Gasteiger partial charge in [0.1, 0.15) is 0 Å². The normalized spacial score (nSPS) is 35.6. The minimum absolute atomic E-state index is 0.0697. The molecule has 0 aromatic carbocycles. The minimum atomic E-state index is -1.66. The summed E-state index contributed by atoms with van der Waals surface area (Å²) >= 11 is 0. The van der Waals surface area contributed by atoms with E-state index in [0.29, 0.717) is 11.8 Å². The lowest BCUT2D eigenvalue weighted by atomic mass is 9.90. The number of carboxylic acids is 1. The van der Waals surface area contributed by atoms with Gasteiger partial charge in [-0.05, 0) is 67.5 Å². The molecule has 0 spiro atoms. The van der Waals surface area contributed by atoms with Crippen LogP contribution in [0.3, 0.4) is 0 Å². The first-order valence-corrected chi connectivity index (χ1v) is 11.8. The summed E-state index contributed by atoms with van der Waals surface area (Å²) in [5.41, 5.74) is 0.109. The van der Waals surface area contributed by atoms with Gasteiger partial charge in [-0.1, -0.05) is 27.7 Å². The van der Waals surface area contributed by atoms with Gasteiger partial charge in [-0.3, -0.25) is 4.79 Å². The molecule has 0 heterocycles. The highest BCUT2D eigenvalue weighted by atomic mass is 28.4. The zero-order chi connectivity index (χ0) is 16.8. The Morgan fingerprint density at radius 2 is 1.91 bits per heavy atom. The van der Waals surface area contributed by atoms with E-state index in [1.54, 1.807) is 0 Å². The molecule has 0 aromatic rings. The van der Waals surface area contributed by atoms with Crippen LogP contribution in [0, 0.1) is 23.2 Å². The van der Waals surface area contributed by atoms with Gasteiger partial charge in [0.2, 0.25) is 0 Å². The maximum absolute atomic E-state index is 11.4. The molecule has 128 valence electrons. The predicted molar refractivity (Wildman–Crippen MR) is 92.4 cm³/mol.